The van der Waals surface area contributed by atoms with Crippen molar-refractivity contribution in [2.24, 2.45) is 0 Å². The molecule has 1 aliphatic rings. The number of halogens is 2. The van der Waals surface area contributed by atoms with Crippen molar-refractivity contribution in [3.05, 3.63) is 33.8 Å². The van der Waals surface area contributed by atoms with Crippen molar-refractivity contribution in [1.82, 2.24) is 5.32 Å². The number of amides is 1. The van der Waals surface area contributed by atoms with Crippen molar-refractivity contribution in [2.75, 3.05) is 19.8 Å². The molecule has 0 bridgehead atoms. The summed E-state index contributed by atoms with van der Waals surface area (Å²) in [5, 5.41) is 12.5. The van der Waals surface area contributed by atoms with Crippen LogP contribution in [0.25, 0.3) is 0 Å². The van der Waals surface area contributed by atoms with Crippen LogP contribution in [-0.2, 0) is 24.6 Å². The third-order valence-corrected chi connectivity index (χ3v) is 4.15. The summed E-state index contributed by atoms with van der Waals surface area (Å²) in [5.74, 6) is -1.79. The largest absolute Gasteiger partial charge is 0.479 e. The van der Waals surface area contributed by atoms with Crippen LogP contribution in [0.1, 0.15) is 12.5 Å². The van der Waals surface area contributed by atoms with Gasteiger partial charge in [0.15, 0.2) is 11.6 Å². The minimum atomic E-state index is -1.66. The van der Waals surface area contributed by atoms with Gasteiger partial charge in [0.25, 0.3) is 5.91 Å². The maximum Gasteiger partial charge on any atom is 0.333 e. The second kappa shape index (κ2) is 6.83. The molecular weight excluding hydrogens is 333 g/mol. The second-order valence-electron chi connectivity index (χ2n) is 4.98. The monoisotopic (exact) mass is 347 g/mol. The molecule has 1 amide bonds. The van der Waals surface area contributed by atoms with Crippen LogP contribution in [0.15, 0.2) is 18.2 Å². The van der Waals surface area contributed by atoms with Gasteiger partial charge in [-0.3, -0.25) is 4.79 Å². The van der Waals surface area contributed by atoms with Crippen molar-refractivity contribution in [3.63, 3.8) is 0 Å². The van der Waals surface area contributed by atoms with E-state index in [2.05, 4.69) is 5.32 Å². The van der Waals surface area contributed by atoms with E-state index in [0.29, 0.717) is 17.2 Å². The number of benzene rings is 1. The molecule has 1 saturated heterocycles. The highest BCUT2D eigenvalue weighted by Gasteiger charge is 2.39. The van der Waals surface area contributed by atoms with Gasteiger partial charge in [-0.15, -0.1) is 0 Å². The van der Waals surface area contributed by atoms with Crippen LogP contribution in [0.4, 0.5) is 0 Å². The van der Waals surface area contributed by atoms with E-state index in [1.807, 2.05) is 0 Å². The number of aliphatic carboxylic acids is 1. The van der Waals surface area contributed by atoms with Crippen LogP contribution < -0.4 is 5.32 Å². The molecule has 1 aromatic carbocycles. The highest BCUT2D eigenvalue weighted by Crippen LogP contribution is 2.29. The number of carbonyl (C=O) groups excluding carboxylic acids is 1. The smallest absolute Gasteiger partial charge is 0.333 e. The molecule has 1 fully saturated rings. The number of ether oxygens (including phenoxy) is 2. The van der Waals surface area contributed by atoms with Crippen molar-refractivity contribution < 1.29 is 24.2 Å². The predicted octanol–water partition coefficient (Wildman–Crippen LogP) is 1.82. The summed E-state index contributed by atoms with van der Waals surface area (Å²) in [6, 6.07) is 4.39. The van der Waals surface area contributed by atoms with E-state index in [1.165, 1.54) is 25.1 Å². The molecule has 120 valence electrons. The number of nitrogens with one attached hydrogen (secondary N) is 1. The maximum atomic E-state index is 12.2. The maximum absolute atomic E-state index is 12.2. The first-order valence-electron chi connectivity index (χ1n) is 6.55. The molecule has 6 nitrogen and oxygen atoms in total. The first-order valence-corrected chi connectivity index (χ1v) is 7.30. The second-order valence-corrected chi connectivity index (χ2v) is 5.80. The van der Waals surface area contributed by atoms with Crippen molar-refractivity contribution in [3.8, 4) is 0 Å². The zero-order valence-corrected chi connectivity index (χ0v) is 13.3. The highest BCUT2D eigenvalue weighted by atomic mass is 35.5. The molecule has 0 radical (unpaired) electrons. The first-order chi connectivity index (χ1) is 10.3. The number of carboxylic acid groups (broad SMARTS) is 1. The average Bonchev–Trinajstić information content (AvgIpc) is 2.50. The minimum absolute atomic E-state index is 0.0862. The summed E-state index contributed by atoms with van der Waals surface area (Å²) in [7, 11) is 0. The molecular formula is C14H15Cl2NO5. The molecule has 0 spiro atoms. The molecule has 2 atom stereocenters. The number of hydrogen-bond acceptors (Lipinski definition) is 4. The Morgan fingerprint density at radius 1 is 1.32 bits per heavy atom. The molecule has 0 aromatic heterocycles. The fraction of sp³-hybridized carbons (Fsp3) is 0.429. The Bertz CT molecular complexity index is 589. The summed E-state index contributed by atoms with van der Waals surface area (Å²) < 4.78 is 10.4. The average molecular weight is 348 g/mol. The van der Waals surface area contributed by atoms with Gasteiger partial charge in [-0.2, -0.15) is 0 Å². The molecule has 0 aliphatic carbocycles. The fourth-order valence-electron chi connectivity index (χ4n) is 2.02. The van der Waals surface area contributed by atoms with E-state index in [9.17, 15) is 14.7 Å². The lowest BCUT2D eigenvalue weighted by Crippen LogP contribution is -2.54. The molecule has 22 heavy (non-hydrogen) atoms. The standard InChI is InChI=1S/C14H15Cl2NO5/c1-14(13(19)20,8-2-3-9(15)10(16)6-8)17-12(18)11-7-21-4-5-22-11/h2-3,6,11H,4-5,7H2,1H3,(H,17,18)(H,19,20)/t11-,14-/m1/s1. The van der Waals surface area contributed by atoms with E-state index >= 15 is 0 Å². The van der Waals surface area contributed by atoms with Gasteiger partial charge in [0.1, 0.15) is 0 Å². The zero-order valence-electron chi connectivity index (χ0n) is 11.8. The Labute approximate surface area is 137 Å². The molecule has 8 heteroatoms. The summed E-state index contributed by atoms with van der Waals surface area (Å²) in [6.07, 6.45) is -0.838. The highest BCUT2D eigenvalue weighted by molar-refractivity contribution is 6.42. The van der Waals surface area contributed by atoms with Crippen LogP contribution >= 0.6 is 23.2 Å². The lowest BCUT2D eigenvalue weighted by atomic mass is 9.91. The van der Waals surface area contributed by atoms with Crippen molar-refractivity contribution >= 4 is 35.1 Å². The fourth-order valence-corrected chi connectivity index (χ4v) is 2.32. The number of hydrogen-bond donors (Lipinski definition) is 2. The number of rotatable bonds is 4. The minimum Gasteiger partial charge on any atom is -0.479 e. The summed E-state index contributed by atoms with van der Waals surface area (Å²) in [5.41, 5.74) is -1.36. The number of carboxylic acids is 1. The lowest BCUT2D eigenvalue weighted by molar-refractivity contribution is -0.156. The SMILES string of the molecule is C[C@](NC(=O)[C@H]1COCCO1)(C(=O)O)c1ccc(Cl)c(Cl)c1. The van der Waals surface area contributed by atoms with E-state index in [1.54, 1.807) is 0 Å². The van der Waals surface area contributed by atoms with Crippen LogP contribution in [0.5, 0.6) is 0 Å². The van der Waals surface area contributed by atoms with Gasteiger partial charge in [0.05, 0.1) is 29.9 Å². The Balaban J connectivity index is 2.25. The summed E-state index contributed by atoms with van der Waals surface area (Å²) >= 11 is 11.8. The Morgan fingerprint density at radius 2 is 2.05 bits per heavy atom. The Hall–Kier alpha value is -1.34. The van der Waals surface area contributed by atoms with E-state index in [4.69, 9.17) is 32.7 Å². The predicted molar refractivity (Wildman–Crippen MR) is 80.2 cm³/mol. The van der Waals surface area contributed by atoms with Crippen LogP contribution in [0.2, 0.25) is 10.0 Å². The van der Waals surface area contributed by atoms with Crippen molar-refractivity contribution in [1.29, 1.82) is 0 Å². The first kappa shape index (κ1) is 17.0. The Kier molecular flexibility index (Phi) is 5.28. The summed E-state index contributed by atoms with van der Waals surface area (Å²) in [6.45, 7) is 2.15. The van der Waals surface area contributed by atoms with Gasteiger partial charge in [0.2, 0.25) is 0 Å². The third-order valence-electron chi connectivity index (χ3n) is 3.41. The molecule has 0 unspecified atom stereocenters. The van der Waals surface area contributed by atoms with Gasteiger partial charge >= 0.3 is 5.97 Å². The molecule has 1 heterocycles. The van der Waals surface area contributed by atoms with Crippen LogP contribution in [0.3, 0.4) is 0 Å². The molecule has 0 saturated carbocycles. The van der Waals surface area contributed by atoms with E-state index in [0.717, 1.165) is 0 Å². The van der Waals surface area contributed by atoms with Gasteiger partial charge in [-0.25, -0.2) is 4.79 Å². The molecule has 2 rings (SSSR count). The zero-order chi connectivity index (χ0) is 16.3. The lowest BCUT2D eigenvalue weighted by Gasteiger charge is -2.30. The third kappa shape index (κ3) is 3.52. The molecule has 1 aliphatic heterocycles. The summed E-state index contributed by atoms with van der Waals surface area (Å²) in [4.78, 5) is 23.9. The van der Waals surface area contributed by atoms with Gasteiger partial charge in [-0.1, -0.05) is 29.3 Å². The molecule has 2 N–H and O–H groups in total. The topological polar surface area (TPSA) is 84.9 Å². The molecule has 1 aromatic rings. The Morgan fingerprint density at radius 3 is 2.59 bits per heavy atom. The van der Waals surface area contributed by atoms with Gasteiger partial charge in [-0.05, 0) is 24.6 Å². The number of carbonyl (C=O) groups is 2. The van der Waals surface area contributed by atoms with Crippen LogP contribution in [-0.4, -0.2) is 42.9 Å². The van der Waals surface area contributed by atoms with Gasteiger partial charge in [0, 0.05) is 0 Å². The quantitative estimate of drug-likeness (QED) is 0.867. The van der Waals surface area contributed by atoms with Crippen LogP contribution in [0, 0.1) is 0 Å². The normalized spacial score (nSPS) is 21.0. The van der Waals surface area contributed by atoms with Crippen molar-refractivity contribution in [2.45, 2.75) is 18.6 Å². The van der Waals surface area contributed by atoms with E-state index in [-0.39, 0.29) is 18.2 Å². The van der Waals surface area contributed by atoms with Gasteiger partial charge < -0.3 is 19.9 Å². The van der Waals surface area contributed by atoms with E-state index < -0.39 is 23.5 Å².